The fraction of sp³-hybridized carbons (Fsp3) is 0.393. The lowest BCUT2D eigenvalue weighted by Crippen LogP contribution is -2.37. The second-order valence-electron chi connectivity index (χ2n) is 9.28. The Hall–Kier alpha value is -3.85. The van der Waals surface area contributed by atoms with E-state index in [-0.39, 0.29) is 0 Å². The van der Waals surface area contributed by atoms with Gasteiger partial charge in [-0.25, -0.2) is 0 Å². The van der Waals surface area contributed by atoms with Crippen LogP contribution in [0.1, 0.15) is 29.1 Å². The van der Waals surface area contributed by atoms with Crippen molar-refractivity contribution in [3.05, 3.63) is 59.0 Å². The van der Waals surface area contributed by atoms with Crippen LogP contribution >= 0.6 is 0 Å². The summed E-state index contributed by atoms with van der Waals surface area (Å²) in [5.74, 6) is 3.50. The molecule has 9 nitrogen and oxygen atoms in total. The lowest BCUT2D eigenvalue weighted by molar-refractivity contribution is 0.122. The standard InChI is InChI=1S/C28H34N6O3/c1-18-19(2)29-23-10-9-21(17-22(18)23)30-27-31-26(32-28(33-27)34-12-14-37-15-13-34)7-5-6-20-8-11-24(35-3)25(16-20)36-4/h8-11,16-17,29H,5-7,12-15H2,1-4H3,(H,30,31,32,33). The Kier molecular flexibility index (Phi) is 7.41. The number of ether oxygens (including phenoxy) is 3. The van der Waals surface area contributed by atoms with Crippen molar-refractivity contribution >= 4 is 28.5 Å². The molecule has 0 bridgehead atoms. The first kappa shape index (κ1) is 24.8. The van der Waals surface area contributed by atoms with Crippen LogP contribution in [-0.2, 0) is 17.6 Å². The average Bonchev–Trinajstić information content (AvgIpc) is 3.21. The normalized spacial score (nSPS) is 13.7. The molecule has 0 amide bonds. The molecule has 3 heterocycles. The van der Waals surface area contributed by atoms with Gasteiger partial charge >= 0.3 is 0 Å². The van der Waals surface area contributed by atoms with Crippen molar-refractivity contribution in [3.63, 3.8) is 0 Å². The minimum atomic E-state index is 0.557. The molecule has 2 aromatic carbocycles. The van der Waals surface area contributed by atoms with Crippen LogP contribution < -0.4 is 19.7 Å². The van der Waals surface area contributed by atoms with Gasteiger partial charge in [0, 0.05) is 41.8 Å². The Morgan fingerprint density at radius 3 is 2.54 bits per heavy atom. The fourth-order valence-corrected chi connectivity index (χ4v) is 4.63. The molecule has 4 aromatic rings. The average molecular weight is 503 g/mol. The first-order valence-corrected chi connectivity index (χ1v) is 12.7. The first-order chi connectivity index (χ1) is 18.0. The van der Waals surface area contributed by atoms with Gasteiger partial charge in [0.05, 0.1) is 27.4 Å². The van der Waals surface area contributed by atoms with Gasteiger partial charge in [-0.3, -0.25) is 0 Å². The monoisotopic (exact) mass is 502 g/mol. The summed E-state index contributed by atoms with van der Waals surface area (Å²) in [5, 5.41) is 4.62. The number of methoxy groups -OCH3 is 2. The molecule has 0 saturated carbocycles. The van der Waals surface area contributed by atoms with E-state index in [1.807, 2.05) is 18.2 Å². The van der Waals surface area contributed by atoms with Crippen molar-refractivity contribution in [2.24, 2.45) is 0 Å². The SMILES string of the molecule is COc1ccc(CCCc2nc(Nc3ccc4[nH]c(C)c(C)c4c3)nc(N3CCOCC3)n2)cc1OC. The molecule has 37 heavy (non-hydrogen) atoms. The summed E-state index contributed by atoms with van der Waals surface area (Å²) in [6.07, 6.45) is 2.51. The van der Waals surface area contributed by atoms with Gasteiger partial charge in [-0.05, 0) is 68.1 Å². The maximum absolute atomic E-state index is 5.53. The number of anilines is 3. The summed E-state index contributed by atoms with van der Waals surface area (Å²) >= 11 is 0. The van der Waals surface area contributed by atoms with Gasteiger partial charge in [0.2, 0.25) is 11.9 Å². The van der Waals surface area contributed by atoms with Gasteiger partial charge < -0.3 is 29.4 Å². The van der Waals surface area contributed by atoms with Gasteiger partial charge in [-0.1, -0.05) is 6.07 Å². The highest BCUT2D eigenvalue weighted by molar-refractivity contribution is 5.88. The highest BCUT2D eigenvalue weighted by Crippen LogP contribution is 2.29. The molecule has 1 fully saturated rings. The van der Waals surface area contributed by atoms with Crippen molar-refractivity contribution in [2.75, 3.05) is 50.7 Å². The van der Waals surface area contributed by atoms with Gasteiger partial charge in [0.25, 0.3) is 0 Å². The minimum absolute atomic E-state index is 0.557. The molecule has 1 aliphatic rings. The Morgan fingerprint density at radius 2 is 1.76 bits per heavy atom. The Balaban J connectivity index is 1.36. The van der Waals surface area contributed by atoms with Crippen LogP contribution in [-0.4, -0.2) is 60.5 Å². The number of fused-ring (bicyclic) bond motifs is 1. The second-order valence-corrected chi connectivity index (χ2v) is 9.28. The van der Waals surface area contributed by atoms with E-state index in [0.29, 0.717) is 25.1 Å². The van der Waals surface area contributed by atoms with E-state index in [9.17, 15) is 0 Å². The Morgan fingerprint density at radius 1 is 0.946 bits per heavy atom. The zero-order chi connectivity index (χ0) is 25.8. The van der Waals surface area contributed by atoms with Crippen molar-refractivity contribution < 1.29 is 14.2 Å². The van der Waals surface area contributed by atoms with Crippen molar-refractivity contribution in [1.29, 1.82) is 0 Å². The Bertz CT molecular complexity index is 1380. The van der Waals surface area contributed by atoms with Crippen molar-refractivity contribution in [1.82, 2.24) is 19.9 Å². The lowest BCUT2D eigenvalue weighted by atomic mass is 10.1. The van der Waals surface area contributed by atoms with E-state index >= 15 is 0 Å². The molecule has 2 N–H and O–H groups in total. The van der Waals surface area contributed by atoms with Gasteiger partial charge in [-0.15, -0.1) is 0 Å². The van der Waals surface area contributed by atoms with Crippen LogP contribution in [0.15, 0.2) is 36.4 Å². The largest absolute Gasteiger partial charge is 0.493 e. The highest BCUT2D eigenvalue weighted by Gasteiger charge is 2.17. The number of aromatic nitrogens is 4. The lowest BCUT2D eigenvalue weighted by Gasteiger charge is -2.27. The molecule has 2 aromatic heterocycles. The number of hydrogen-bond acceptors (Lipinski definition) is 8. The summed E-state index contributed by atoms with van der Waals surface area (Å²) in [5.41, 5.74) is 5.69. The third-order valence-corrected chi connectivity index (χ3v) is 6.84. The number of nitrogens with zero attached hydrogens (tertiary/aromatic N) is 4. The van der Waals surface area contributed by atoms with E-state index in [1.54, 1.807) is 14.2 Å². The van der Waals surface area contributed by atoms with Crippen LogP contribution in [0.4, 0.5) is 17.6 Å². The van der Waals surface area contributed by atoms with Crippen molar-refractivity contribution in [3.8, 4) is 11.5 Å². The molecular weight excluding hydrogens is 468 g/mol. The summed E-state index contributed by atoms with van der Waals surface area (Å²) < 4.78 is 16.3. The molecule has 0 aliphatic carbocycles. The number of hydrogen-bond donors (Lipinski definition) is 2. The van der Waals surface area contributed by atoms with Gasteiger partial charge in [-0.2, -0.15) is 15.0 Å². The van der Waals surface area contributed by atoms with E-state index in [0.717, 1.165) is 60.9 Å². The number of morpholine rings is 1. The quantitative estimate of drug-likeness (QED) is 0.339. The number of H-pyrrole nitrogens is 1. The zero-order valence-electron chi connectivity index (χ0n) is 21.9. The van der Waals surface area contributed by atoms with Crippen LogP contribution in [0.5, 0.6) is 11.5 Å². The molecule has 0 unspecified atom stereocenters. The summed E-state index contributed by atoms with van der Waals surface area (Å²) in [6.45, 7) is 7.10. The predicted molar refractivity (Wildman–Crippen MR) is 145 cm³/mol. The fourth-order valence-electron chi connectivity index (χ4n) is 4.63. The molecule has 0 spiro atoms. The topological polar surface area (TPSA) is 97.4 Å². The number of benzene rings is 2. The van der Waals surface area contributed by atoms with Crippen molar-refractivity contribution in [2.45, 2.75) is 33.1 Å². The summed E-state index contributed by atoms with van der Waals surface area (Å²) in [4.78, 5) is 20.0. The third kappa shape index (κ3) is 5.61. The Labute approximate surface area is 217 Å². The minimum Gasteiger partial charge on any atom is -0.493 e. The molecule has 0 atom stereocenters. The van der Waals surface area contributed by atoms with E-state index in [1.165, 1.54) is 22.2 Å². The molecule has 9 heteroatoms. The number of aryl methyl sites for hydroxylation is 4. The molecule has 1 saturated heterocycles. The molecule has 5 rings (SSSR count). The number of aromatic amines is 1. The molecular formula is C28H34N6O3. The van der Waals surface area contributed by atoms with Gasteiger partial charge in [0.15, 0.2) is 11.5 Å². The zero-order valence-corrected chi connectivity index (χ0v) is 21.9. The number of nitrogens with one attached hydrogen (secondary N) is 2. The maximum atomic E-state index is 5.53. The van der Waals surface area contributed by atoms with Crippen LogP contribution in [0.3, 0.4) is 0 Å². The molecule has 1 aliphatic heterocycles. The van der Waals surface area contributed by atoms with Crippen LogP contribution in [0.2, 0.25) is 0 Å². The molecule has 194 valence electrons. The second kappa shape index (κ2) is 11.0. The summed E-state index contributed by atoms with van der Waals surface area (Å²) in [6, 6.07) is 12.3. The first-order valence-electron chi connectivity index (χ1n) is 12.7. The predicted octanol–water partition coefficient (Wildman–Crippen LogP) is 4.74. The smallest absolute Gasteiger partial charge is 0.232 e. The van der Waals surface area contributed by atoms with Crippen LogP contribution in [0, 0.1) is 13.8 Å². The van der Waals surface area contributed by atoms with E-state index < -0.39 is 0 Å². The maximum Gasteiger partial charge on any atom is 0.232 e. The van der Waals surface area contributed by atoms with E-state index in [2.05, 4.69) is 47.2 Å². The molecule has 0 radical (unpaired) electrons. The highest BCUT2D eigenvalue weighted by atomic mass is 16.5. The third-order valence-electron chi connectivity index (χ3n) is 6.84. The van der Waals surface area contributed by atoms with Gasteiger partial charge in [0.1, 0.15) is 5.82 Å². The number of rotatable bonds is 9. The van der Waals surface area contributed by atoms with Crippen LogP contribution in [0.25, 0.3) is 10.9 Å². The van der Waals surface area contributed by atoms with E-state index in [4.69, 9.17) is 29.2 Å². The summed E-state index contributed by atoms with van der Waals surface area (Å²) in [7, 11) is 3.30.